The van der Waals surface area contributed by atoms with Crippen molar-refractivity contribution in [1.29, 1.82) is 0 Å². The monoisotopic (exact) mass is 94.0 g/mol. The van der Waals surface area contributed by atoms with Crippen LogP contribution >= 0.6 is 0 Å². The van der Waals surface area contributed by atoms with Crippen LogP contribution in [-0.2, 0) is 0 Å². The summed E-state index contributed by atoms with van der Waals surface area (Å²) >= 11 is 0. The molecule has 0 aromatic rings. The summed E-state index contributed by atoms with van der Waals surface area (Å²) in [7, 11) is 0. The van der Waals surface area contributed by atoms with E-state index in [1.54, 1.807) is 0 Å². The van der Waals surface area contributed by atoms with Crippen LogP contribution in [0.4, 0.5) is 4.39 Å². The highest BCUT2D eigenvalue weighted by molar-refractivity contribution is 4.31. The molecule has 0 aromatic heterocycles. The number of alkyl halides is 1. The van der Waals surface area contributed by atoms with Crippen LogP contribution < -0.4 is 0 Å². The molecule has 0 aliphatic heterocycles. The quantitative estimate of drug-likeness (QED) is 0.491. The third-order valence-electron chi connectivity index (χ3n) is 0.367. The van der Waals surface area contributed by atoms with Crippen molar-refractivity contribution in [3.63, 3.8) is 0 Å². The molecule has 0 heterocycles. The summed E-state index contributed by atoms with van der Waals surface area (Å²) < 4.78 is 11.1. The van der Waals surface area contributed by atoms with Crippen LogP contribution in [0.5, 0.6) is 0 Å². The summed E-state index contributed by atoms with van der Waals surface area (Å²) in [4.78, 5) is 0. The molecule has 0 aliphatic carbocycles. The number of aliphatic hydroxyl groups is 2. The van der Waals surface area contributed by atoms with Crippen molar-refractivity contribution in [2.75, 3.05) is 6.61 Å². The van der Waals surface area contributed by atoms with Crippen molar-refractivity contribution in [2.24, 2.45) is 0 Å². The lowest BCUT2D eigenvalue weighted by atomic mass is 10.5. The lowest BCUT2D eigenvalue weighted by Gasteiger charge is -1.90. The fourth-order valence-corrected chi connectivity index (χ4v) is 0.107. The Morgan fingerprint density at radius 1 is 1.67 bits per heavy atom. The van der Waals surface area contributed by atoms with Gasteiger partial charge in [-0.25, -0.2) is 4.39 Å². The molecule has 0 fully saturated rings. The Morgan fingerprint density at radius 3 is 2.17 bits per heavy atom. The molecule has 2 N–H and O–H groups in total. The van der Waals surface area contributed by atoms with Gasteiger partial charge in [0.25, 0.3) is 0 Å². The van der Waals surface area contributed by atoms with Gasteiger partial charge in [0.05, 0.1) is 0 Å². The fraction of sp³-hybridized carbons (Fsp3) is 1.00. The van der Waals surface area contributed by atoms with E-state index in [2.05, 4.69) is 0 Å². The van der Waals surface area contributed by atoms with Gasteiger partial charge >= 0.3 is 0 Å². The minimum atomic E-state index is -1.85. The fourth-order valence-electron chi connectivity index (χ4n) is 0.107. The molecule has 0 spiro atoms. The molecule has 0 saturated heterocycles. The standard InChI is InChI=1S/C3H7FO2/c4-3(6)1-2-5/h3,5-6H,1-2H2. The van der Waals surface area contributed by atoms with E-state index in [-0.39, 0.29) is 13.0 Å². The average molecular weight is 94.1 g/mol. The van der Waals surface area contributed by atoms with Gasteiger partial charge in [0.15, 0.2) is 6.36 Å². The predicted molar refractivity (Wildman–Crippen MR) is 18.8 cm³/mol. The number of halogens is 1. The van der Waals surface area contributed by atoms with E-state index in [0.29, 0.717) is 0 Å². The van der Waals surface area contributed by atoms with Gasteiger partial charge in [-0.3, -0.25) is 0 Å². The molecule has 1 atom stereocenters. The van der Waals surface area contributed by atoms with Crippen molar-refractivity contribution >= 4 is 0 Å². The highest BCUT2D eigenvalue weighted by atomic mass is 19.1. The first kappa shape index (κ1) is 5.85. The Morgan fingerprint density at radius 2 is 2.17 bits per heavy atom. The SMILES string of the molecule is OCCC(O)F. The summed E-state index contributed by atoms with van der Waals surface area (Å²) in [6.45, 7) is -0.294. The second kappa shape index (κ2) is 3.06. The summed E-state index contributed by atoms with van der Waals surface area (Å²) in [5.41, 5.74) is 0. The maximum atomic E-state index is 11.1. The first-order valence-electron chi connectivity index (χ1n) is 1.70. The third kappa shape index (κ3) is 3.85. The Hall–Kier alpha value is -0.150. The van der Waals surface area contributed by atoms with Gasteiger partial charge in [-0.15, -0.1) is 0 Å². The predicted octanol–water partition coefficient (Wildman–Crippen LogP) is -0.343. The molecule has 3 heteroatoms. The van der Waals surface area contributed by atoms with E-state index in [0.717, 1.165) is 0 Å². The van der Waals surface area contributed by atoms with Crippen LogP contribution in [0.3, 0.4) is 0 Å². The molecule has 0 aromatic carbocycles. The second-order valence-electron chi connectivity index (χ2n) is 0.947. The number of hydrogen-bond acceptors (Lipinski definition) is 2. The van der Waals surface area contributed by atoms with Crippen molar-refractivity contribution in [2.45, 2.75) is 12.8 Å². The van der Waals surface area contributed by atoms with Crippen molar-refractivity contribution in [1.82, 2.24) is 0 Å². The zero-order valence-electron chi connectivity index (χ0n) is 3.26. The summed E-state index contributed by atoms with van der Waals surface area (Å²) in [6, 6.07) is 0. The van der Waals surface area contributed by atoms with Gasteiger partial charge < -0.3 is 10.2 Å². The van der Waals surface area contributed by atoms with Crippen LogP contribution in [0.25, 0.3) is 0 Å². The van der Waals surface area contributed by atoms with E-state index < -0.39 is 6.36 Å². The van der Waals surface area contributed by atoms with E-state index in [4.69, 9.17) is 10.2 Å². The lowest BCUT2D eigenvalue weighted by Crippen LogP contribution is -1.98. The highest BCUT2D eigenvalue weighted by Crippen LogP contribution is 1.87. The van der Waals surface area contributed by atoms with Crippen LogP contribution in [0.1, 0.15) is 6.42 Å². The van der Waals surface area contributed by atoms with Gasteiger partial charge in [-0.05, 0) is 0 Å². The van der Waals surface area contributed by atoms with E-state index in [1.807, 2.05) is 0 Å². The summed E-state index contributed by atoms with van der Waals surface area (Å²) in [5.74, 6) is 0. The minimum Gasteiger partial charge on any atom is -0.396 e. The summed E-state index contributed by atoms with van der Waals surface area (Å²) in [5, 5.41) is 15.6. The van der Waals surface area contributed by atoms with Gasteiger partial charge in [-0.2, -0.15) is 0 Å². The van der Waals surface area contributed by atoms with Crippen LogP contribution in [-0.4, -0.2) is 23.2 Å². The van der Waals surface area contributed by atoms with Crippen LogP contribution in [0.2, 0.25) is 0 Å². The van der Waals surface area contributed by atoms with Crippen LogP contribution in [0.15, 0.2) is 0 Å². The number of aliphatic hydroxyl groups excluding tert-OH is 2. The molecule has 2 nitrogen and oxygen atoms in total. The molecule has 0 saturated carbocycles. The largest absolute Gasteiger partial charge is 0.396 e. The van der Waals surface area contributed by atoms with E-state index in [1.165, 1.54) is 0 Å². The highest BCUT2D eigenvalue weighted by Gasteiger charge is 1.93. The topological polar surface area (TPSA) is 40.5 Å². The zero-order valence-corrected chi connectivity index (χ0v) is 3.26. The third-order valence-corrected chi connectivity index (χ3v) is 0.367. The first-order valence-corrected chi connectivity index (χ1v) is 1.70. The summed E-state index contributed by atoms with van der Waals surface area (Å²) in [6.07, 6.45) is -2.03. The lowest BCUT2D eigenvalue weighted by molar-refractivity contribution is 0.0203. The molecule has 38 valence electrons. The molecule has 6 heavy (non-hydrogen) atoms. The van der Waals surface area contributed by atoms with Crippen LogP contribution in [0, 0.1) is 0 Å². The number of rotatable bonds is 2. The number of hydrogen-bond donors (Lipinski definition) is 2. The molecule has 0 bridgehead atoms. The second-order valence-corrected chi connectivity index (χ2v) is 0.947. The first-order chi connectivity index (χ1) is 2.77. The molecule has 0 rings (SSSR count). The molecule has 0 aliphatic rings. The molecule has 0 radical (unpaired) electrons. The molecule has 1 unspecified atom stereocenters. The molecular formula is C3H7FO2. The minimum absolute atomic E-state index is 0.181. The Balaban J connectivity index is 2.63. The van der Waals surface area contributed by atoms with Crippen molar-refractivity contribution in [3.8, 4) is 0 Å². The van der Waals surface area contributed by atoms with E-state index >= 15 is 0 Å². The van der Waals surface area contributed by atoms with E-state index in [9.17, 15) is 4.39 Å². The Bertz CT molecular complexity index is 30.0. The Labute approximate surface area is 35.2 Å². The maximum Gasteiger partial charge on any atom is 0.198 e. The van der Waals surface area contributed by atoms with Gasteiger partial charge in [-0.1, -0.05) is 0 Å². The molecule has 0 amide bonds. The Kier molecular flexibility index (Phi) is 2.98. The molecular weight excluding hydrogens is 87.0 g/mol. The van der Waals surface area contributed by atoms with Gasteiger partial charge in [0.1, 0.15) is 0 Å². The van der Waals surface area contributed by atoms with Gasteiger partial charge in [0.2, 0.25) is 0 Å². The normalized spacial score (nSPS) is 14.5. The van der Waals surface area contributed by atoms with Gasteiger partial charge in [0, 0.05) is 13.0 Å². The van der Waals surface area contributed by atoms with Crippen molar-refractivity contribution in [3.05, 3.63) is 0 Å². The van der Waals surface area contributed by atoms with Crippen molar-refractivity contribution < 1.29 is 14.6 Å². The zero-order chi connectivity index (χ0) is 4.99. The average Bonchev–Trinajstić information content (AvgIpc) is 1.35. The maximum absolute atomic E-state index is 11.1. The smallest absolute Gasteiger partial charge is 0.198 e.